The van der Waals surface area contributed by atoms with Gasteiger partial charge in [-0.1, -0.05) is 23.9 Å². The SMILES string of the molecule is NC(=O)c1cccc(CSc2nnc(-c3ccc(F)cc3)n2CCN2CCOCC2)c1. The number of benzene rings is 2. The molecule has 1 fully saturated rings. The number of rotatable bonds is 8. The predicted molar refractivity (Wildman–Crippen MR) is 117 cm³/mol. The minimum absolute atomic E-state index is 0.285. The fraction of sp³-hybridized carbons (Fsp3) is 0.318. The highest BCUT2D eigenvalue weighted by Crippen LogP contribution is 2.27. The quantitative estimate of drug-likeness (QED) is 0.541. The van der Waals surface area contributed by atoms with Gasteiger partial charge in [-0.05, 0) is 42.0 Å². The van der Waals surface area contributed by atoms with Crippen LogP contribution < -0.4 is 5.73 Å². The van der Waals surface area contributed by atoms with Gasteiger partial charge < -0.3 is 15.0 Å². The molecular weight excluding hydrogens is 417 g/mol. The molecule has 0 spiro atoms. The molecule has 0 saturated carbocycles. The van der Waals surface area contributed by atoms with Crippen molar-refractivity contribution in [2.75, 3.05) is 32.8 Å². The summed E-state index contributed by atoms with van der Waals surface area (Å²) in [5.74, 6) is 0.605. The van der Waals surface area contributed by atoms with Gasteiger partial charge in [-0.15, -0.1) is 10.2 Å². The van der Waals surface area contributed by atoms with Crippen LogP contribution in [0.4, 0.5) is 4.39 Å². The number of amides is 1. The average molecular weight is 442 g/mol. The number of nitrogens with two attached hydrogens (primary N) is 1. The number of carbonyl (C=O) groups is 1. The Labute approximate surface area is 184 Å². The molecule has 7 nitrogen and oxygen atoms in total. The van der Waals surface area contributed by atoms with Crippen LogP contribution in [0, 0.1) is 5.82 Å². The molecule has 2 N–H and O–H groups in total. The Bertz CT molecular complexity index is 1030. The van der Waals surface area contributed by atoms with Crippen molar-refractivity contribution in [3.63, 3.8) is 0 Å². The zero-order valence-corrected chi connectivity index (χ0v) is 17.9. The van der Waals surface area contributed by atoms with E-state index in [0.717, 1.165) is 49.1 Å². The van der Waals surface area contributed by atoms with E-state index < -0.39 is 5.91 Å². The summed E-state index contributed by atoms with van der Waals surface area (Å²) >= 11 is 1.55. The van der Waals surface area contributed by atoms with Crippen molar-refractivity contribution in [2.45, 2.75) is 17.5 Å². The Morgan fingerprint density at radius 2 is 1.87 bits per heavy atom. The van der Waals surface area contributed by atoms with Crippen molar-refractivity contribution in [1.82, 2.24) is 19.7 Å². The van der Waals surface area contributed by atoms with Gasteiger partial charge in [-0.3, -0.25) is 9.69 Å². The predicted octanol–water partition coefficient (Wildman–Crippen LogP) is 2.81. The molecule has 2 aromatic carbocycles. The minimum atomic E-state index is -0.445. The lowest BCUT2D eigenvalue weighted by Gasteiger charge is -2.27. The number of aromatic nitrogens is 3. The van der Waals surface area contributed by atoms with Gasteiger partial charge in [-0.2, -0.15) is 0 Å². The molecular formula is C22H24FN5O2S. The minimum Gasteiger partial charge on any atom is -0.379 e. The molecule has 1 amide bonds. The first kappa shape index (κ1) is 21.5. The second-order valence-electron chi connectivity index (χ2n) is 7.27. The van der Waals surface area contributed by atoms with Crippen molar-refractivity contribution >= 4 is 17.7 Å². The molecule has 31 heavy (non-hydrogen) atoms. The third kappa shape index (κ3) is 5.49. The number of ether oxygens (including phenoxy) is 1. The summed E-state index contributed by atoms with van der Waals surface area (Å²) in [4.78, 5) is 13.8. The highest BCUT2D eigenvalue weighted by molar-refractivity contribution is 7.98. The van der Waals surface area contributed by atoms with Gasteiger partial charge in [0.2, 0.25) is 5.91 Å². The van der Waals surface area contributed by atoms with Crippen molar-refractivity contribution < 1.29 is 13.9 Å². The second kappa shape index (κ2) is 10.0. The van der Waals surface area contributed by atoms with Crippen molar-refractivity contribution in [1.29, 1.82) is 0 Å². The Kier molecular flexibility index (Phi) is 6.96. The second-order valence-corrected chi connectivity index (χ2v) is 8.21. The summed E-state index contributed by atoms with van der Waals surface area (Å²) in [6.45, 7) is 4.84. The van der Waals surface area contributed by atoms with Crippen LogP contribution in [0.25, 0.3) is 11.4 Å². The summed E-state index contributed by atoms with van der Waals surface area (Å²) in [5, 5.41) is 9.56. The molecule has 0 bridgehead atoms. The highest BCUT2D eigenvalue weighted by atomic mass is 32.2. The van der Waals surface area contributed by atoms with Gasteiger partial charge in [-0.25, -0.2) is 4.39 Å². The molecule has 2 heterocycles. The van der Waals surface area contributed by atoms with Crippen LogP contribution in [0.2, 0.25) is 0 Å². The number of hydrogen-bond acceptors (Lipinski definition) is 6. The van der Waals surface area contributed by atoms with Gasteiger partial charge in [0, 0.05) is 43.1 Å². The van der Waals surface area contributed by atoms with E-state index >= 15 is 0 Å². The van der Waals surface area contributed by atoms with Crippen molar-refractivity contribution in [3.8, 4) is 11.4 Å². The van der Waals surface area contributed by atoms with Crippen LogP contribution in [0.15, 0.2) is 53.7 Å². The maximum Gasteiger partial charge on any atom is 0.248 e. The summed E-state index contributed by atoms with van der Waals surface area (Å²) in [7, 11) is 0. The fourth-order valence-electron chi connectivity index (χ4n) is 3.44. The van der Waals surface area contributed by atoms with Crippen LogP contribution >= 0.6 is 11.8 Å². The topological polar surface area (TPSA) is 86.3 Å². The number of halogens is 1. The number of nitrogens with zero attached hydrogens (tertiary/aromatic N) is 4. The van der Waals surface area contributed by atoms with Crippen LogP contribution in [0.3, 0.4) is 0 Å². The normalized spacial score (nSPS) is 14.6. The fourth-order valence-corrected chi connectivity index (χ4v) is 4.35. The smallest absolute Gasteiger partial charge is 0.248 e. The first-order valence-corrected chi connectivity index (χ1v) is 11.1. The summed E-state index contributed by atoms with van der Waals surface area (Å²) in [5.41, 5.74) is 7.67. The molecule has 1 aromatic heterocycles. The molecule has 4 rings (SSSR count). The van der Waals surface area contributed by atoms with Gasteiger partial charge in [0.25, 0.3) is 0 Å². The number of primary amides is 1. The zero-order chi connectivity index (χ0) is 21.6. The molecule has 0 unspecified atom stereocenters. The van der Waals surface area contributed by atoms with E-state index in [-0.39, 0.29) is 5.82 Å². The number of morpholine rings is 1. The molecule has 0 atom stereocenters. The van der Waals surface area contributed by atoms with E-state index in [1.54, 1.807) is 36.0 Å². The van der Waals surface area contributed by atoms with Gasteiger partial charge in [0.1, 0.15) is 5.82 Å². The highest BCUT2D eigenvalue weighted by Gasteiger charge is 2.17. The van der Waals surface area contributed by atoms with E-state index in [1.165, 1.54) is 12.1 Å². The van der Waals surface area contributed by atoms with Gasteiger partial charge in [0.15, 0.2) is 11.0 Å². The van der Waals surface area contributed by atoms with Crippen LogP contribution in [-0.4, -0.2) is 58.4 Å². The lowest BCUT2D eigenvalue weighted by molar-refractivity contribution is 0.0361. The molecule has 162 valence electrons. The number of carbonyl (C=O) groups excluding carboxylic acids is 1. The van der Waals surface area contributed by atoms with Crippen LogP contribution in [0.1, 0.15) is 15.9 Å². The maximum absolute atomic E-state index is 13.4. The largest absolute Gasteiger partial charge is 0.379 e. The average Bonchev–Trinajstić information content (AvgIpc) is 3.20. The van der Waals surface area contributed by atoms with E-state index in [4.69, 9.17) is 10.5 Å². The van der Waals surface area contributed by atoms with Crippen LogP contribution in [-0.2, 0) is 17.0 Å². The van der Waals surface area contributed by atoms with Crippen LogP contribution in [0.5, 0.6) is 0 Å². The molecule has 1 aliphatic heterocycles. The lowest BCUT2D eigenvalue weighted by atomic mass is 10.1. The third-order valence-corrected chi connectivity index (χ3v) is 6.18. The first-order valence-electron chi connectivity index (χ1n) is 10.1. The number of hydrogen-bond donors (Lipinski definition) is 1. The van der Waals surface area contributed by atoms with Crippen molar-refractivity contribution in [3.05, 3.63) is 65.5 Å². The molecule has 9 heteroatoms. The molecule has 0 radical (unpaired) electrons. The standard InChI is InChI=1S/C22H24FN5O2S/c23-19-6-4-17(5-7-19)21-25-26-22(28(21)9-8-27-10-12-30-13-11-27)31-15-16-2-1-3-18(14-16)20(24)29/h1-7,14H,8-13,15H2,(H2,24,29). The van der Waals surface area contributed by atoms with Gasteiger partial charge >= 0.3 is 0 Å². The molecule has 1 saturated heterocycles. The summed E-state index contributed by atoms with van der Waals surface area (Å²) in [6.07, 6.45) is 0. The first-order chi connectivity index (χ1) is 15.1. The Hall–Kier alpha value is -2.75. The Morgan fingerprint density at radius 1 is 1.10 bits per heavy atom. The maximum atomic E-state index is 13.4. The third-order valence-electron chi connectivity index (χ3n) is 5.14. The van der Waals surface area contributed by atoms with E-state index in [9.17, 15) is 9.18 Å². The van der Waals surface area contributed by atoms with E-state index in [0.29, 0.717) is 23.7 Å². The molecule has 1 aliphatic rings. The summed E-state index contributed by atoms with van der Waals surface area (Å²) in [6, 6.07) is 13.6. The van der Waals surface area contributed by atoms with E-state index in [1.807, 2.05) is 12.1 Å². The van der Waals surface area contributed by atoms with Gasteiger partial charge in [0.05, 0.1) is 13.2 Å². The number of thioether (sulfide) groups is 1. The Balaban J connectivity index is 1.54. The monoisotopic (exact) mass is 441 g/mol. The summed E-state index contributed by atoms with van der Waals surface area (Å²) < 4.78 is 20.9. The molecule has 3 aromatic rings. The lowest BCUT2D eigenvalue weighted by Crippen LogP contribution is -2.38. The van der Waals surface area contributed by atoms with E-state index in [2.05, 4.69) is 19.7 Å². The molecule has 0 aliphatic carbocycles. The zero-order valence-electron chi connectivity index (χ0n) is 17.0. The van der Waals surface area contributed by atoms with Crippen molar-refractivity contribution in [2.24, 2.45) is 5.73 Å². The Morgan fingerprint density at radius 3 is 2.61 bits per heavy atom.